The van der Waals surface area contributed by atoms with Crippen LogP contribution in [0.15, 0.2) is 0 Å². The molecule has 0 aromatic carbocycles. The van der Waals surface area contributed by atoms with Crippen LogP contribution in [0.2, 0.25) is 0 Å². The summed E-state index contributed by atoms with van der Waals surface area (Å²) < 4.78 is 0. The summed E-state index contributed by atoms with van der Waals surface area (Å²) >= 11 is 2.04. The summed E-state index contributed by atoms with van der Waals surface area (Å²) in [5, 5.41) is 4.75. The van der Waals surface area contributed by atoms with E-state index in [0.29, 0.717) is 5.41 Å². The molecule has 0 aromatic rings. The van der Waals surface area contributed by atoms with Crippen molar-refractivity contribution in [3.63, 3.8) is 0 Å². The molecule has 2 aliphatic rings. The van der Waals surface area contributed by atoms with Crippen molar-refractivity contribution in [1.29, 1.82) is 0 Å². The first kappa shape index (κ1) is 10.8. The Labute approximate surface area is 92.4 Å². The van der Waals surface area contributed by atoms with Gasteiger partial charge in [0.1, 0.15) is 0 Å². The van der Waals surface area contributed by atoms with Crippen molar-refractivity contribution in [3.8, 4) is 0 Å². The molecule has 1 N–H and O–H groups in total. The lowest BCUT2D eigenvalue weighted by atomic mass is 9.89. The molecule has 0 bridgehead atoms. The van der Waals surface area contributed by atoms with E-state index in [-0.39, 0.29) is 0 Å². The number of thioether (sulfide) groups is 1. The van der Waals surface area contributed by atoms with Gasteiger partial charge in [-0.25, -0.2) is 0 Å². The first-order valence-electron chi connectivity index (χ1n) is 5.89. The van der Waals surface area contributed by atoms with Crippen molar-refractivity contribution in [2.75, 3.05) is 6.26 Å². The molecular weight excluding hydrogens is 190 g/mol. The number of hydrogen-bond donors (Lipinski definition) is 1. The zero-order chi connectivity index (χ0) is 10.2. The van der Waals surface area contributed by atoms with E-state index < -0.39 is 0 Å². The fourth-order valence-electron chi connectivity index (χ4n) is 2.82. The van der Waals surface area contributed by atoms with Crippen LogP contribution >= 0.6 is 11.8 Å². The maximum atomic E-state index is 3.85. The summed E-state index contributed by atoms with van der Waals surface area (Å²) in [6, 6.07) is 1.63. The van der Waals surface area contributed by atoms with Crippen molar-refractivity contribution in [2.24, 2.45) is 5.41 Å². The van der Waals surface area contributed by atoms with E-state index in [1.807, 2.05) is 11.8 Å². The van der Waals surface area contributed by atoms with Gasteiger partial charge in [-0.3, -0.25) is 0 Å². The molecule has 2 rings (SSSR count). The highest BCUT2D eigenvalue weighted by Crippen LogP contribution is 2.39. The van der Waals surface area contributed by atoms with E-state index in [1.54, 1.807) is 0 Å². The van der Waals surface area contributed by atoms with Crippen molar-refractivity contribution in [2.45, 2.75) is 63.3 Å². The molecule has 0 saturated heterocycles. The molecule has 2 aliphatic carbocycles. The van der Waals surface area contributed by atoms with Crippen molar-refractivity contribution < 1.29 is 0 Å². The maximum Gasteiger partial charge on any atom is 0.0199 e. The number of hydrogen-bond acceptors (Lipinski definition) is 2. The van der Waals surface area contributed by atoms with Gasteiger partial charge >= 0.3 is 0 Å². The molecule has 2 heteroatoms. The molecule has 1 nitrogen and oxygen atoms in total. The highest BCUT2D eigenvalue weighted by atomic mass is 32.2. The molecule has 0 aliphatic heterocycles. The second-order valence-electron chi connectivity index (χ2n) is 5.73. The van der Waals surface area contributed by atoms with E-state index in [1.165, 1.54) is 32.1 Å². The van der Waals surface area contributed by atoms with Gasteiger partial charge in [0, 0.05) is 17.3 Å². The Morgan fingerprint density at radius 1 is 1.21 bits per heavy atom. The van der Waals surface area contributed by atoms with Crippen molar-refractivity contribution >= 4 is 11.8 Å². The molecule has 14 heavy (non-hydrogen) atoms. The summed E-state index contributed by atoms with van der Waals surface area (Å²) in [6.45, 7) is 4.81. The Morgan fingerprint density at radius 2 is 2.00 bits per heavy atom. The van der Waals surface area contributed by atoms with Crippen LogP contribution in [-0.4, -0.2) is 23.6 Å². The Kier molecular flexibility index (Phi) is 3.13. The normalized spacial score (nSPS) is 40.9. The molecule has 0 radical (unpaired) electrons. The van der Waals surface area contributed by atoms with Crippen LogP contribution < -0.4 is 5.32 Å². The van der Waals surface area contributed by atoms with E-state index in [0.717, 1.165) is 17.3 Å². The van der Waals surface area contributed by atoms with Gasteiger partial charge in [0.25, 0.3) is 0 Å². The fraction of sp³-hybridized carbons (Fsp3) is 1.00. The second kappa shape index (κ2) is 4.05. The molecular formula is C12H23NS. The molecule has 0 aromatic heterocycles. The van der Waals surface area contributed by atoms with Gasteiger partial charge in [-0.15, -0.1) is 0 Å². The van der Waals surface area contributed by atoms with E-state index in [4.69, 9.17) is 0 Å². The van der Waals surface area contributed by atoms with Crippen LogP contribution in [-0.2, 0) is 0 Å². The number of nitrogens with one attached hydrogen (secondary N) is 1. The highest BCUT2D eigenvalue weighted by Gasteiger charge is 2.36. The van der Waals surface area contributed by atoms with Crippen LogP contribution in [0.4, 0.5) is 0 Å². The third-order valence-corrected chi connectivity index (χ3v) is 5.10. The first-order valence-corrected chi connectivity index (χ1v) is 7.18. The molecule has 2 fully saturated rings. The monoisotopic (exact) mass is 213 g/mol. The molecule has 0 amide bonds. The summed E-state index contributed by atoms with van der Waals surface area (Å²) in [6.07, 6.45) is 9.25. The molecule has 2 saturated carbocycles. The minimum atomic E-state index is 0.594. The predicted octanol–water partition coefficient (Wildman–Crippen LogP) is 3.05. The molecule has 3 unspecified atom stereocenters. The lowest BCUT2D eigenvalue weighted by Gasteiger charge is -2.38. The average Bonchev–Trinajstić information content (AvgIpc) is 2.41. The highest BCUT2D eigenvalue weighted by molar-refractivity contribution is 7.99. The quantitative estimate of drug-likeness (QED) is 0.773. The Hall–Kier alpha value is 0.310. The van der Waals surface area contributed by atoms with E-state index in [9.17, 15) is 0 Å². The van der Waals surface area contributed by atoms with E-state index >= 15 is 0 Å². The third kappa shape index (κ3) is 2.27. The summed E-state index contributed by atoms with van der Waals surface area (Å²) in [7, 11) is 0. The standard InChI is InChI=1S/C12H23NS/c1-12(2)7-6-9(8-12)13-10-4-5-11(10)14-3/h9-11,13H,4-8H2,1-3H3. The first-order chi connectivity index (χ1) is 6.61. The topological polar surface area (TPSA) is 12.0 Å². The fourth-order valence-corrected chi connectivity index (χ4v) is 3.74. The van der Waals surface area contributed by atoms with Crippen LogP contribution in [0.25, 0.3) is 0 Å². The lowest BCUT2D eigenvalue weighted by Crippen LogP contribution is -2.49. The second-order valence-corrected chi connectivity index (χ2v) is 6.81. The average molecular weight is 213 g/mol. The van der Waals surface area contributed by atoms with Crippen molar-refractivity contribution in [1.82, 2.24) is 5.32 Å². The third-order valence-electron chi connectivity index (χ3n) is 3.93. The van der Waals surface area contributed by atoms with Crippen molar-refractivity contribution in [3.05, 3.63) is 0 Å². The molecule has 0 heterocycles. The Bertz CT molecular complexity index is 200. The zero-order valence-electron chi connectivity index (χ0n) is 9.68. The minimum absolute atomic E-state index is 0.594. The van der Waals surface area contributed by atoms with Gasteiger partial charge in [-0.2, -0.15) is 11.8 Å². The van der Waals surface area contributed by atoms with Crippen LogP contribution in [0.5, 0.6) is 0 Å². The molecule has 0 spiro atoms. The van der Waals surface area contributed by atoms with Gasteiger partial charge in [-0.05, 0) is 43.8 Å². The van der Waals surface area contributed by atoms with Gasteiger partial charge < -0.3 is 5.32 Å². The van der Waals surface area contributed by atoms with E-state index in [2.05, 4.69) is 25.4 Å². The number of rotatable bonds is 3. The zero-order valence-corrected chi connectivity index (χ0v) is 10.5. The van der Waals surface area contributed by atoms with Gasteiger partial charge in [0.15, 0.2) is 0 Å². The van der Waals surface area contributed by atoms with Crippen LogP contribution in [0.3, 0.4) is 0 Å². The lowest BCUT2D eigenvalue weighted by molar-refractivity contribution is 0.298. The molecule has 82 valence electrons. The van der Waals surface area contributed by atoms with Gasteiger partial charge in [0.2, 0.25) is 0 Å². The predicted molar refractivity (Wildman–Crippen MR) is 64.9 cm³/mol. The summed E-state index contributed by atoms with van der Waals surface area (Å²) in [5.74, 6) is 0. The summed E-state index contributed by atoms with van der Waals surface area (Å²) in [4.78, 5) is 0. The Morgan fingerprint density at radius 3 is 2.43 bits per heavy atom. The van der Waals surface area contributed by atoms with Gasteiger partial charge in [-0.1, -0.05) is 13.8 Å². The minimum Gasteiger partial charge on any atom is -0.310 e. The smallest absolute Gasteiger partial charge is 0.0199 e. The summed E-state index contributed by atoms with van der Waals surface area (Å²) in [5.41, 5.74) is 0.594. The van der Waals surface area contributed by atoms with Gasteiger partial charge in [0.05, 0.1) is 0 Å². The largest absolute Gasteiger partial charge is 0.310 e. The molecule has 3 atom stereocenters. The van der Waals surface area contributed by atoms with Crippen LogP contribution in [0, 0.1) is 5.41 Å². The van der Waals surface area contributed by atoms with Crippen LogP contribution in [0.1, 0.15) is 46.0 Å². The maximum absolute atomic E-state index is 3.85. The SMILES string of the molecule is CSC1CCC1NC1CCC(C)(C)C1. The Balaban J connectivity index is 1.76.